The van der Waals surface area contributed by atoms with Gasteiger partial charge in [0.1, 0.15) is 0 Å². The Bertz CT molecular complexity index is 159. The lowest BCUT2D eigenvalue weighted by atomic mass is 10.4. The molecule has 78 valence electrons. The third kappa shape index (κ3) is 7.90. The SMILES string of the molecule is C/C=C(/OCCCC)O[Si](C)(C)C. The summed E-state index contributed by atoms with van der Waals surface area (Å²) in [5.41, 5.74) is 0. The van der Waals surface area contributed by atoms with Crippen molar-refractivity contribution in [3.8, 4) is 0 Å². The lowest BCUT2D eigenvalue weighted by Gasteiger charge is -2.21. The predicted molar refractivity (Wildman–Crippen MR) is 59.0 cm³/mol. The van der Waals surface area contributed by atoms with E-state index in [1.165, 1.54) is 0 Å². The molecule has 0 saturated carbocycles. The van der Waals surface area contributed by atoms with Gasteiger partial charge in [-0.2, -0.15) is 0 Å². The van der Waals surface area contributed by atoms with Crippen LogP contribution in [-0.2, 0) is 9.16 Å². The molecule has 0 saturated heterocycles. The van der Waals surface area contributed by atoms with Gasteiger partial charge in [0, 0.05) is 0 Å². The van der Waals surface area contributed by atoms with E-state index >= 15 is 0 Å². The van der Waals surface area contributed by atoms with Crippen LogP contribution in [0.4, 0.5) is 0 Å². The standard InChI is InChI=1S/C10H22O2Si/c1-6-8-9-11-10(7-2)12-13(3,4)5/h7H,6,8-9H2,1-5H3/b10-7-. The van der Waals surface area contributed by atoms with Crippen LogP contribution in [0.25, 0.3) is 0 Å². The summed E-state index contributed by atoms with van der Waals surface area (Å²) in [5, 5.41) is 0. The fourth-order valence-electron chi connectivity index (χ4n) is 0.791. The van der Waals surface area contributed by atoms with E-state index in [1.807, 2.05) is 13.0 Å². The second-order valence-corrected chi connectivity index (χ2v) is 8.45. The first-order valence-electron chi connectivity index (χ1n) is 4.97. The van der Waals surface area contributed by atoms with Gasteiger partial charge in [-0.25, -0.2) is 0 Å². The molecule has 2 nitrogen and oxygen atoms in total. The second kappa shape index (κ2) is 6.08. The molecule has 0 fully saturated rings. The van der Waals surface area contributed by atoms with Crippen LogP contribution in [0.15, 0.2) is 12.0 Å². The summed E-state index contributed by atoms with van der Waals surface area (Å²) in [5.74, 6) is 0.701. The van der Waals surface area contributed by atoms with E-state index < -0.39 is 8.32 Å². The third-order valence-electron chi connectivity index (χ3n) is 1.38. The third-order valence-corrected chi connectivity index (χ3v) is 2.20. The predicted octanol–water partition coefficient (Wildman–Crippen LogP) is 3.52. The maximum absolute atomic E-state index is 5.71. The highest BCUT2D eigenvalue weighted by molar-refractivity contribution is 6.69. The smallest absolute Gasteiger partial charge is 0.260 e. The number of rotatable bonds is 6. The number of unbranched alkanes of at least 4 members (excludes halogenated alkanes) is 1. The molecule has 0 atom stereocenters. The van der Waals surface area contributed by atoms with Gasteiger partial charge in [-0.1, -0.05) is 13.3 Å². The van der Waals surface area contributed by atoms with Crippen molar-refractivity contribution < 1.29 is 9.16 Å². The maximum atomic E-state index is 5.71. The van der Waals surface area contributed by atoms with E-state index in [2.05, 4.69) is 26.6 Å². The first-order valence-corrected chi connectivity index (χ1v) is 8.38. The Balaban J connectivity index is 3.79. The van der Waals surface area contributed by atoms with Crippen molar-refractivity contribution in [1.82, 2.24) is 0 Å². The number of hydrogen-bond acceptors (Lipinski definition) is 2. The van der Waals surface area contributed by atoms with Gasteiger partial charge >= 0.3 is 0 Å². The minimum Gasteiger partial charge on any atom is -0.520 e. The Morgan fingerprint density at radius 1 is 1.31 bits per heavy atom. The van der Waals surface area contributed by atoms with E-state index in [1.54, 1.807) is 0 Å². The molecule has 3 heteroatoms. The number of allylic oxidation sites excluding steroid dienone is 1. The topological polar surface area (TPSA) is 18.5 Å². The maximum Gasteiger partial charge on any atom is 0.260 e. The molecular formula is C10H22O2Si. The van der Waals surface area contributed by atoms with Gasteiger partial charge in [-0.15, -0.1) is 0 Å². The molecule has 13 heavy (non-hydrogen) atoms. The van der Waals surface area contributed by atoms with Gasteiger partial charge in [0.25, 0.3) is 5.95 Å². The fourth-order valence-corrected chi connectivity index (χ4v) is 1.57. The lowest BCUT2D eigenvalue weighted by Crippen LogP contribution is -2.25. The highest BCUT2D eigenvalue weighted by atomic mass is 28.4. The first-order chi connectivity index (χ1) is 5.99. The van der Waals surface area contributed by atoms with Crippen LogP contribution in [0.2, 0.25) is 19.6 Å². The average Bonchev–Trinajstić information content (AvgIpc) is 2.01. The van der Waals surface area contributed by atoms with Crippen LogP contribution in [0.5, 0.6) is 0 Å². The Labute approximate surface area is 83.1 Å². The Morgan fingerprint density at radius 3 is 2.31 bits per heavy atom. The summed E-state index contributed by atoms with van der Waals surface area (Å²) in [6.45, 7) is 11.3. The van der Waals surface area contributed by atoms with Crippen molar-refractivity contribution in [2.45, 2.75) is 46.3 Å². The van der Waals surface area contributed by atoms with E-state index in [4.69, 9.17) is 9.16 Å². The van der Waals surface area contributed by atoms with Crippen LogP contribution < -0.4 is 0 Å². The van der Waals surface area contributed by atoms with Gasteiger partial charge in [0.2, 0.25) is 8.32 Å². The van der Waals surface area contributed by atoms with Crippen molar-refractivity contribution >= 4 is 8.32 Å². The molecule has 0 aliphatic carbocycles. The summed E-state index contributed by atoms with van der Waals surface area (Å²) in [6.07, 6.45) is 4.14. The van der Waals surface area contributed by atoms with Crippen molar-refractivity contribution in [1.29, 1.82) is 0 Å². The monoisotopic (exact) mass is 202 g/mol. The molecular weight excluding hydrogens is 180 g/mol. The van der Waals surface area contributed by atoms with Crippen LogP contribution in [0.3, 0.4) is 0 Å². The molecule has 0 unspecified atom stereocenters. The molecule has 0 aliphatic heterocycles. The molecule has 0 spiro atoms. The zero-order valence-corrected chi connectivity index (χ0v) is 10.5. The van der Waals surface area contributed by atoms with Gasteiger partial charge < -0.3 is 9.16 Å². The van der Waals surface area contributed by atoms with Gasteiger partial charge in [0.05, 0.1) is 6.61 Å². The molecule has 0 N–H and O–H groups in total. The van der Waals surface area contributed by atoms with Crippen LogP contribution in [0, 0.1) is 0 Å². The summed E-state index contributed by atoms with van der Waals surface area (Å²) >= 11 is 0. The first kappa shape index (κ1) is 12.6. The summed E-state index contributed by atoms with van der Waals surface area (Å²) < 4.78 is 11.2. The fraction of sp³-hybridized carbons (Fsp3) is 0.800. The van der Waals surface area contributed by atoms with E-state index in [0.29, 0.717) is 5.95 Å². The summed E-state index contributed by atoms with van der Waals surface area (Å²) in [6, 6.07) is 0. The summed E-state index contributed by atoms with van der Waals surface area (Å²) in [7, 11) is -1.49. The van der Waals surface area contributed by atoms with Crippen LogP contribution in [0.1, 0.15) is 26.7 Å². The average molecular weight is 202 g/mol. The van der Waals surface area contributed by atoms with Gasteiger partial charge in [-0.05, 0) is 39.1 Å². The molecule has 0 rings (SSSR count). The second-order valence-electron chi connectivity index (χ2n) is 4.02. The van der Waals surface area contributed by atoms with Crippen molar-refractivity contribution in [2.24, 2.45) is 0 Å². The minimum absolute atomic E-state index is 0.701. The number of ether oxygens (including phenoxy) is 1. The van der Waals surface area contributed by atoms with E-state index in [9.17, 15) is 0 Å². The molecule has 0 radical (unpaired) electrons. The summed E-state index contributed by atoms with van der Waals surface area (Å²) in [4.78, 5) is 0. The van der Waals surface area contributed by atoms with Crippen molar-refractivity contribution in [3.63, 3.8) is 0 Å². The molecule has 0 aromatic rings. The lowest BCUT2D eigenvalue weighted by molar-refractivity contribution is 0.100. The van der Waals surface area contributed by atoms with Crippen molar-refractivity contribution in [3.05, 3.63) is 12.0 Å². The largest absolute Gasteiger partial charge is 0.520 e. The van der Waals surface area contributed by atoms with Crippen LogP contribution in [-0.4, -0.2) is 14.9 Å². The van der Waals surface area contributed by atoms with Crippen molar-refractivity contribution in [2.75, 3.05) is 6.61 Å². The molecule has 0 bridgehead atoms. The zero-order valence-electron chi connectivity index (χ0n) is 9.52. The Kier molecular flexibility index (Phi) is 5.87. The van der Waals surface area contributed by atoms with Gasteiger partial charge in [-0.3, -0.25) is 0 Å². The molecule has 0 aliphatic rings. The van der Waals surface area contributed by atoms with E-state index in [0.717, 1.165) is 19.4 Å². The molecule has 0 heterocycles. The normalized spacial score (nSPS) is 12.8. The zero-order chi connectivity index (χ0) is 10.3. The quantitative estimate of drug-likeness (QED) is 0.373. The van der Waals surface area contributed by atoms with E-state index in [-0.39, 0.29) is 0 Å². The number of hydrogen-bond donors (Lipinski definition) is 0. The molecule has 0 aromatic carbocycles. The molecule has 0 amide bonds. The highest BCUT2D eigenvalue weighted by Gasteiger charge is 2.17. The van der Waals surface area contributed by atoms with Gasteiger partial charge in [0.15, 0.2) is 0 Å². The van der Waals surface area contributed by atoms with Crippen LogP contribution >= 0.6 is 0 Å². The minimum atomic E-state index is -1.49. The Hall–Kier alpha value is -0.443. The molecule has 0 aromatic heterocycles. The Morgan fingerprint density at radius 2 is 1.92 bits per heavy atom. The highest BCUT2D eigenvalue weighted by Crippen LogP contribution is 2.11.